The Labute approximate surface area is 180 Å². The molecule has 6 nitrogen and oxygen atoms in total. The molecule has 1 aliphatic heterocycles. The van der Waals surface area contributed by atoms with Crippen LogP contribution in [-0.2, 0) is 13.6 Å². The molecule has 31 heavy (non-hydrogen) atoms. The summed E-state index contributed by atoms with van der Waals surface area (Å²) in [4.78, 5) is 14.3. The van der Waals surface area contributed by atoms with Crippen LogP contribution >= 0.6 is 0 Å². The fraction of sp³-hybridized carbons (Fsp3) is 0.240. The van der Waals surface area contributed by atoms with Crippen molar-refractivity contribution in [1.82, 2.24) is 19.9 Å². The number of likely N-dealkylation sites (tertiary alicyclic amines) is 1. The molecule has 1 fully saturated rings. The molecule has 156 valence electrons. The molecule has 0 spiro atoms. The highest BCUT2D eigenvalue weighted by atomic mass is 16.4. The van der Waals surface area contributed by atoms with Gasteiger partial charge in [-0.1, -0.05) is 47.7 Å². The van der Waals surface area contributed by atoms with Crippen LogP contribution in [-0.4, -0.2) is 44.1 Å². The van der Waals surface area contributed by atoms with Crippen molar-refractivity contribution in [2.45, 2.75) is 19.4 Å². The molecule has 1 aromatic heterocycles. The van der Waals surface area contributed by atoms with E-state index in [1.807, 2.05) is 18.2 Å². The third-order valence-electron chi connectivity index (χ3n) is 6.01. The lowest BCUT2D eigenvalue weighted by Crippen LogP contribution is -2.18. The minimum atomic E-state index is -0.983. The fourth-order valence-corrected chi connectivity index (χ4v) is 4.43. The average molecular weight is 412 g/mol. The zero-order valence-electron chi connectivity index (χ0n) is 17.5. The van der Waals surface area contributed by atoms with Gasteiger partial charge >= 0.3 is 5.97 Å². The van der Waals surface area contributed by atoms with Crippen LogP contribution in [0.3, 0.4) is 0 Å². The van der Waals surface area contributed by atoms with E-state index in [2.05, 4.69) is 51.6 Å². The second-order valence-corrected chi connectivity index (χ2v) is 8.17. The summed E-state index contributed by atoms with van der Waals surface area (Å²) in [7, 11) is 1.70. The Kier molecular flexibility index (Phi) is 5.00. The first kappa shape index (κ1) is 19.5. The molecule has 0 bridgehead atoms. The van der Waals surface area contributed by atoms with Crippen molar-refractivity contribution in [2.24, 2.45) is 7.05 Å². The minimum absolute atomic E-state index is 0.207. The van der Waals surface area contributed by atoms with Crippen molar-refractivity contribution in [3.8, 4) is 22.3 Å². The molecule has 1 aliphatic rings. The number of carboxylic acids is 1. The largest absolute Gasteiger partial charge is 0.478 e. The van der Waals surface area contributed by atoms with Gasteiger partial charge in [-0.15, -0.1) is 5.10 Å². The third kappa shape index (κ3) is 3.82. The van der Waals surface area contributed by atoms with E-state index in [9.17, 15) is 9.90 Å². The van der Waals surface area contributed by atoms with Gasteiger partial charge in [0.15, 0.2) is 0 Å². The first-order valence-corrected chi connectivity index (χ1v) is 10.6. The Bertz CT molecular complexity index is 1250. The van der Waals surface area contributed by atoms with Crippen molar-refractivity contribution < 1.29 is 9.90 Å². The Hall–Kier alpha value is -3.51. The van der Waals surface area contributed by atoms with Gasteiger partial charge in [0, 0.05) is 13.6 Å². The maximum atomic E-state index is 11.8. The molecule has 0 atom stereocenters. The Morgan fingerprint density at radius 2 is 1.65 bits per heavy atom. The Balaban J connectivity index is 1.45. The molecule has 0 aliphatic carbocycles. The van der Waals surface area contributed by atoms with Gasteiger partial charge in [-0.3, -0.25) is 4.90 Å². The van der Waals surface area contributed by atoms with E-state index in [1.54, 1.807) is 13.1 Å². The zero-order valence-corrected chi connectivity index (χ0v) is 17.5. The Morgan fingerprint density at radius 1 is 0.935 bits per heavy atom. The lowest BCUT2D eigenvalue weighted by molar-refractivity contribution is 0.0698. The standard InChI is InChI=1S/C25H24N4O2/c1-28-24-22(25(30)31)14-21(15-23(24)26-27-28)19-9-7-18(8-10-19)20-6-4-5-17(13-20)16-29-11-2-3-12-29/h4-10,13-15H,2-3,11-12,16H2,1H3,(H,30,31). The highest BCUT2D eigenvalue weighted by molar-refractivity contribution is 6.03. The van der Waals surface area contributed by atoms with Crippen LogP contribution < -0.4 is 0 Å². The maximum absolute atomic E-state index is 11.8. The number of benzene rings is 3. The number of rotatable bonds is 5. The molecule has 2 heterocycles. The maximum Gasteiger partial charge on any atom is 0.337 e. The first-order chi connectivity index (χ1) is 15.1. The van der Waals surface area contributed by atoms with Crippen molar-refractivity contribution in [3.05, 3.63) is 71.8 Å². The van der Waals surface area contributed by atoms with Crippen molar-refractivity contribution in [2.75, 3.05) is 13.1 Å². The van der Waals surface area contributed by atoms with Gasteiger partial charge < -0.3 is 5.11 Å². The summed E-state index contributed by atoms with van der Waals surface area (Å²) in [6.07, 6.45) is 2.59. The highest BCUT2D eigenvalue weighted by Crippen LogP contribution is 2.29. The van der Waals surface area contributed by atoms with Crippen LogP contribution in [0, 0.1) is 0 Å². The molecule has 0 saturated carbocycles. The molecule has 6 heteroatoms. The number of aryl methyl sites for hydroxylation is 1. The van der Waals surface area contributed by atoms with Gasteiger partial charge in [-0.2, -0.15) is 0 Å². The van der Waals surface area contributed by atoms with E-state index in [1.165, 1.54) is 41.7 Å². The van der Waals surface area contributed by atoms with E-state index in [0.717, 1.165) is 23.2 Å². The molecule has 0 amide bonds. The number of hydrogen-bond acceptors (Lipinski definition) is 4. The molecule has 0 radical (unpaired) electrons. The summed E-state index contributed by atoms with van der Waals surface area (Å²) in [5.74, 6) is -0.983. The minimum Gasteiger partial charge on any atom is -0.478 e. The predicted octanol–water partition coefficient (Wildman–Crippen LogP) is 4.60. The number of fused-ring (bicyclic) bond motifs is 1. The summed E-state index contributed by atoms with van der Waals surface area (Å²) in [5, 5.41) is 17.7. The van der Waals surface area contributed by atoms with Crippen LogP contribution in [0.2, 0.25) is 0 Å². The summed E-state index contributed by atoms with van der Waals surface area (Å²) in [5.41, 5.74) is 6.76. The van der Waals surface area contributed by atoms with Gasteiger partial charge in [-0.05, 0) is 71.9 Å². The van der Waals surface area contributed by atoms with E-state index >= 15 is 0 Å². The monoisotopic (exact) mass is 412 g/mol. The highest BCUT2D eigenvalue weighted by Gasteiger charge is 2.16. The number of aromatic carboxylic acids is 1. The quantitative estimate of drug-likeness (QED) is 0.519. The topological polar surface area (TPSA) is 71.2 Å². The van der Waals surface area contributed by atoms with E-state index < -0.39 is 5.97 Å². The SMILES string of the molecule is Cn1nnc2cc(-c3ccc(-c4cccc(CN5CCCC5)c4)cc3)cc(C(=O)O)c21. The van der Waals surface area contributed by atoms with E-state index in [4.69, 9.17) is 0 Å². The first-order valence-electron chi connectivity index (χ1n) is 10.6. The van der Waals surface area contributed by atoms with Gasteiger partial charge in [0.05, 0.1) is 5.56 Å². The number of aromatic nitrogens is 3. The van der Waals surface area contributed by atoms with Gasteiger partial charge in [0.2, 0.25) is 0 Å². The van der Waals surface area contributed by atoms with Crippen LogP contribution in [0.5, 0.6) is 0 Å². The number of hydrogen-bond donors (Lipinski definition) is 1. The average Bonchev–Trinajstić information content (AvgIpc) is 3.43. The van der Waals surface area contributed by atoms with Gasteiger partial charge in [0.1, 0.15) is 11.0 Å². The second kappa shape index (κ2) is 7.96. The van der Waals surface area contributed by atoms with Crippen molar-refractivity contribution in [3.63, 3.8) is 0 Å². The number of carbonyl (C=O) groups is 1. The van der Waals surface area contributed by atoms with Gasteiger partial charge in [0.25, 0.3) is 0 Å². The molecule has 5 rings (SSSR count). The normalized spacial score (nSPS) is 14.4. The lowest BCUT2D eigenvalue weighted by Gasteiger charge is -2.15. The Morgan fingerprint density at radius 3 is 2.35 bits per heavy atom. The van der Waals surface area contributed by atoms with E-state index in [0.29, 0.717) is 11.0 Å². The predicted molar refractivity (Wildman–Crippen MR) is 121 cm³/mol. The zero-order chi connectivity index (χ0) is 21.4. The molecule has 0 unspecified atom stereocenters. The third-order valence-corrected chi connectivity index (χ3v) is 6.01. The lowest BCUT2D eigenvalue weighted by atomic mass is 9.97. The summed E-state index contributed by atoms with van der Waals surface area (Å²) in [6.45, 7) is 3.38. The van der Waals surface area contributed by atoms with Crippen LogP contribution in [0.15, 0.2) is 60.7 Å². The number of carboxylic acid groups (broad SMARTS) is 1. The fourth-order valence-electron chi connectivity index (χ4n) is 4.43. The molecular formula is C25H24N4O2. The smallest absolute Gasteiger partial charge is 0.337 e. The van der Waals surface area contributed by atoms with Crippen molar-refractivity contribution in [1.29, 1.82) is 0 Å². The van der Waals surface area contributed by atoms with Crippen LogP contribution in [0.25, 0.3) is 33.3 Å². The van der Waals surface area contributed by atoms with Crippen LogP contribution in [0.4, 0.5) is 0 Å². The molecular weight excluding hydrogens is 388 g/mol. The molecule has 1 saturated heterocycles. The summed E-state index contributed by atoms with van der Waals surface area (Å²) >= 11 is 0. The van der Waals surface area contributed by atoms with E-state index in [-0.39, 0.29) is 5.56 Å². The molecule has 3 aromatic carbocycles. The molecule has 4 aromatic rings. The second-order valence-electron chi connectivity index (χ2n) is 8.17. The van der Waals surface area contributed by atoms with Crippen LogP contribution in [0.1, 0.15) is 28.8 Å². The summed E-state index contributed by atoms with van der Waals surface area (Å²) < 4.78 is 1.50. The molecule has 1 N–H and O–H groups in total. The summed E-state index contributed by atoms with van der Waals surface area (Å²) in [6, 6.07) is 20.5. The van der Waals surface area contributed by atoms with Crippen molar-refractivity contribution >= 4 is 17.0 Å². The number of nitrogens with zero attached hydrogens (tertiary/aromatic N) is 4. The van der Waals surface area contributed by atoms with Gasteiger partial charge in [-0.25, -0.2) is 9.48 Å².